The second-order valence-electron chi connectivity index (χ2n) is 3.65. The van der Waals surface area contributed by atoms with Gasteiger partial charge in [-0.25, -0.2) is 4.39 Å². The Morgan fingerprint density at radius 1 is 1.11 bits per heavy atom. The molecule has 0 amide bonds. The summed E-state index contributed by atoms with van der Waals surface area (Å²) in [6.07, 6.45) is 0. The first-order valence-electron chi connectivity index (χ1n) is 5.33. The molecular weight excluding hydrogens is 271 g/mol. The zero-order chi connectivity index (χ0) is 13.0. The third-order valence-electron chi connectivity index (χ3n) is 2.36. The molecule has 0 saturated heterocycles. The van der Waals surface area contributed by atoms with Crippen LogP contribution in [0.4, 0.5) is 4.39 Å². The van der Waals surface area contributed by atoms with Crippen LogP contribution in [0.3, 0.4) is 0 Å². The van der Waals surface area contributed by atoms with E-state index in [-0.39, 0.29) is 17.1 Å². The molecule has 0 aliphatic rings. The Hall–Kier alpha value is -1.32. The van der Waals surface area contributed by atoms with Crippen molar-refractivity contribution in [3.05, 3.63) is 64.9 Å². The first-order valence-corrected chi connectivity index (χ1v) is 6.69. The normalized spacial score (nSPS) is 10.3. The Bertz CT molecular complexity index is 554. The molecule has 2 aromatic rings. The van der Waals surface area contributed by atoms with Gasteiger partial charge in [0.1, 0.15) is 5.82 Å². The fourth-order valence-electron chi connectivity index (χ4n) is 1.44. The SMILES string of the molecule is O=C(CSc1ccc(Cl)cc1)c1ccccc1F. The van der Waals surface area contributed by atoms with Gasteiger partial charge in [-0.3, -0.25) is 4.79 Å². The van der Waals surface area contributed by atoms with Gasteiger partial charge in [-0.1, -0.05) is 23.7 Å². The molecule has 18 heavy (non-hydrogen) atoms. The van der Waals surface area contributed by atoms with E-state index < -0.39 is 5.82 Å². The van der Waals surface area contributed by atoms with Gasteiger partial charge in [0.2, 0.25) is 0 Å². The highest BCUT2D eigenvalue weighted by atomic mass is 35.5. The molecule has 2 aromatic carbocycles. The van der Waals surface area contributed by atoms with Crippen molar-refractivity contribution in [3.8, 4) is 0 Å². The lowest BCUT2D eigenvalue weighted by Gasteiger charge is -2.03. The first kappa shape index (κ1) is 13.1. The van der Waals surface area contributed by atoms with Crippen LogP contribution in [-0.4, -0.2) is 11.5 Å². The fourth-order valence-corrected chi connectivity index (χ4v) is 2.35. The summed E-state index contributed by atoms with van der Waals surface area (Å²) in [7, 11) is 0. The van der Waals surface area contributed by atoms with Gasteiger partial charge in [0.05, 0.1) is 11.3 Å². The Kier molecular flexibility index (Phi) is 4.39. The van der Waals surface area contributed by atoms with Crippen molar-refractivity contribution >= 4 is 29.1 Å². The molecule has 0 aromatic heterocycles. The third kappa shape index (κ3) is 3.34. The van der Waals surface area contributed by atoms with E-state index in [0.29, 0.717) is 5.02 Å². The smallest absolute Gasteiger partial charge is 0.176 e. The van der Waals surface area contributed by atoms with Crippen LogP contribution in [-0.2, 0) is 0 Å². The van der Waals surface area contributed by atoms with Gasteiger partial charge in [0.25, 0.3) is 0 Å². The summed E-state index contributed by atoms with van der Waals surface area (Å²) in [6, 6.07) is 13.2. The standard InChI is InChI=1S/C14H10ClFOS/c15-10-5-7-11(8-6-10)18-9-14(17)12-3-1-2-4-13(12)16/h1-8H,9H2. The summed E-state index contributed by atoms with van der Waals surface area (Å²) < 4.78 is 13.4. The highest BCUT2D eigenvalue weighted by Crippen LogP contribution is 2.21. The van der Waals surface area contributed by atoms with E-state index in [1.807, 2.05) is 12.1 Å². The van der Waals surface area contributed by atoms with Crippen molar-refractivity contribution in [2.24, 2.45) is 0 Å². The van der Waals surface area contributed by atoms with Gasteiger partial charge in [-0.15, -0.1) is 11.8 Å². The number of thioether (sulfide) groups is 1. The van der Waals surface area contributed by atoms with Gasteiger partial charge >= 0.3 is 0 Å². The molecular formula is C14H10ClFOS. The largest absolute Gasteiger partial charge is 0.293 e. The van der Waals surface area contributed by atoms with Gasteiger partial charge in [0, 0.05) is 9.92 Å². The van der Waals surface area contributed by atoms with Crippen LogP contribution in [0.2, 0.25) is 5.02 Å². The molecule has 0 bridgehead atoms. The summed E-state index contributed by atoms with van der Waals surface area (Å²) in [4.78, 5) is 12.8. The molecule has 0 atom stereocenters. The molecule has 0 unspecified atom stereocenters. The molecule has 0 radical (unpaired) electrons. The van der Waals surface area contributed by atoms with Crippen molar-refractivity contribution in [3.63, 3.8) is 0 Å². The average Bonchev–Trinajstić information content (AvgIpc) is 2.38. The van der Waals surface area contributed by atoms with E-state index in [1.165, 1.54) is 23.9 Å². The van der Waals surface area contributed by atoms with E-state index >= 15 is 0 Å². The minimum Gasteiger partial charge on any atom is -0.293 e. The summed E-state index contributed by atoms with van der Waals surface area (Å²) >= 11 is 7.13. The lowest BCUT2D eigenvalue weighted by molar-refractivity contribution is 0.101. The van der Waals surface area contributed by atoms with Crippen molar-refractivity contribution in [2.75, 3.05) is 5.75 Å². The van der Waals surface area contributed by atoms with Crippen molar-refractivity contribution in [2.45, 2.75) is 4.90 Å². The summed E-state index contributed by atoms with van der Waals surface area (Å²) in [5.74, 6) is -0.477. The molecule has 2 rings (SSSR count). The van der Waals surface area contributed by atoms with Crippen LogP contribution in [0.5, 0.6) is 0 Å². The number of hydrogen-bond acceptors (Lipinski definition) is 2. The minimum atomic E-state index is -0.473. The molecule has 0 aliphatic heterocycles. The minimum absolute atomic E-state index is 0.138. The quantitative estimate of drug-likeness (QED) is 0.608. The molecule has 0 spiro atoms. The predicted octanol–water partition coefficient (Wildman–Crippen LogP) is 4.45. The number of ketones is 1. The Balaban J connectivity index is 2.01. The first-order chi connectivity index (χ1) is 8.66. The van der Waals surface area contributed by atoms with E-state index in [0.717, 1.165) is 4.90 Å². The number of carbonyl (C=O) groups excluding carboxylic acids is 1. The number of hydrogen-bond donors (Lipinski definition) is 0. The van der Waals surface area contributed by atoms with E-state index in [4.69, 9.17) is 11.6 Å². The number of halogens is 2. The highest BCUT2D eigenvalue weighted by Gasteiger charge is 2.10. The zero-order valence-corrected chi connectivity index (χ0v) is 11.0. The van der Waals surface area contributed by atoms with Gasteiger partial charge < -0.3 is 0 Å². The van der Waals surface area contributed by atoms with Crippen LogP contribution in [0.15, 0.2) is 53.4 Å². The summed E-state index contributed by atoms with van der Waals surface area (Å²) in [6.45, 7) is 0. The van der Waals surface area contributed by atoms with Crippen LogP contribution in [0, 0.1) is 5.82 Å². The molecule has 0 heterocycles. The van der Waals surface area contributed by atoms with Crippen LogP contribution in [0.1, 0.15) is 10.4 Å². The van der Waals surface area contributed by atoms with E-state index in [1.54, 1.807) is 24.3 Å². The predicted molar refractivity (Wildman–Crippen MR) is 72.9 cm³/mol. The number of Topliss-reactive ketones (excluding diaryl/α,β-unsaturated/α-hetero) is 1. The number of benzene rings is 2. The Labute approximate surface area is 114 Å². The maximum Gasteiger partial charge on any atom is 0.176 e. The molecule has 1 nitrogen and oxygen atoms in total. The molecule has 92 valence electrons. The van der Waals surface area contributed by atoms with Crippen LogP contribution in [0.25, 0.3) is 0 Å². The lowest BCUT2D eigenvalue weighted by atomic mass is 10.1. The monoisotopic (exact) mass is 280 g/mol. The Morgan fingerprint density at radius 3 is 2.44 bits per heavy atom. The second-order valence-corrected chi connectivity index (χ2v) is 5.13. The number of rotatable bonds is 4. The maximum atomic E-state index is 13.4. The molecule has 0 N–H and O–H groups in total. The van der Waals surface area contributed by atoms with Gasteiger partial charge in [0.15, 0.2) is 5.78 Å². The fraction of sp³-hybridized carbons (Fsp3) is 0.0714. The second kappa shape index (κ2) is 6.03. The van der Waals surface area contributed by atoms with Gasteiger partial charge in [-0.05, 0) is 36.4 Å². The molecule has 0 saturated carbocycles. The van der Waals surface area contributed by atoms with Crippen molar-refractivity contribution in [1.29, 1.82) is 0 Å². The van der Waals surface area contributed by atoms with Crippen LogP contribution < -0.4 is 0 Å². The van der Waals surface area contributed by atoms with Crippen molar-refractivity contribution < 1.29 is 9.18 Å². The Morgan fingerprint density at radius 2 is 1.78 bits per heavy atom. The maximum absolute atomic E-state index is 13.4. The van der Waals surface area contributed by atoms with Gasteiger partial charge in [-0.2, -0.15) is 0 Å². The highest BCUT2D eigenvalue weighted by molar-refractivity contribution is 8.00. The topological polar surface area (TPSA) is 17.1 Å². The van der Waals surface area contributed by atoms with E-state index in [2.05, 4.69) is 0 Å². The van der Waals surface area contributed by atoms with E-state index in [9.17, 15) is 9.18 Å². The molecule has 4 heteroatoms. The third-order valence-corrected chi connectivity index (χ3v) is 3.62. The molecule has 0 fully saturated rings. The van der Waals surface area contributed by atoms with Crippen molar-refractivity contribution in [1.82, 2.24) is 0 Å². The zero-order valence-electron chi connectivity index (χ0n) is 9.40. The average molecular weight is 281 g/mol. The lowest BCUT2D eigenvalue weighted by Crippen LogP contribution is -2.04. The molecule has 0 aliphatic carbocycles. The number of carbonyl (C=O) groups is 1. The summed E-state index contributed by atoms with van der Waals surface area (Å²) in [5.41, 5.74) is 0.138. The summed E-state index contributed by atoms with van der Waals surface area (Å²) in [5, 5.41) is 0.653. The van der Waals surface area contributed by atoms with Crippen LogP contribution >= 0.6 is 23.4 Å².